The van der Waals surface area contributed by atoms with E-state index in [4.69, 9.17) is 5.11 Å². The van der Waals surface area contributed by atoms with Crippen molar-refractivity contribution in [1.29, 1.82) is 0 Å². The predicted octanol–water partition coefficient (Wildman–Crippen LogP) is 4.47. The summed E-state index contributed by atoms with van der Waals surface area (Å²) in [7, 11) is 0. The van der Waals surface area contributed by atoms with Crippen LogP contribution in [0.5, 0.6) is 5.75 Å². The lowest BCUT2D eigenvalue weighted by Crippen LogP contribution is -2.08. The number of hydrogen-bond donors (Lipinski definition) is 1. The molecule has 8 heteroatoms. The molecular formula is C13H8F3NO3S. The summed E-state index contributed by atoms with van der Waals surface area (Å²) in [6.07, 6.45) is -4.80. The molecule has 0 saturated heterocycles. The Bertz CT molecular complexity index is 671. The molecule has 4 nitrogen and oxygen atoms in total. The van der Waals surface area contributed by atoms with Crippen molar-refractivity contribution in [1.82, 2.24) is 0 Å². The molecule has 0 atom stereocenters. The summed E-state index contributed by atoms with van der Waals surface area (Å²) < 4.78 is 38.5. The van der Waals surface area contributed by atoms with Crippen LogP contribution in [0.4, 0.5) is 18.9 Å². The third-order valence-corrected chi connectivity index (χ3v) is 3.54. The van der Waals surface area contributed by atoms with E-state index in [1.807, 2.05) is 0 Å². The van der Waals surface area contributed by atoms with E-state index in [9.17, 15) is 23.3 Å². The summed E-state index contributed by atoms with van der Waals surface area (Å²) in [5, 5.41) is 19.8. The molecule has 0 saturated carbocycles. The number of phenolic OH excluding ortho intramolecular Hbond substituents is 1. The Kier molecular flexibility index (Phi) is 4.08. The standard InChI is InChI=1S/C13H8F3NO3S/c14-13(15,16)11-7-10(5-6-12(11)17(19)20)21-9-3-1-8(18)2-4-9/h1-7,18H. The molecular weight excluding hydrogens is 307 g/mol. The van der Waals surface area contributed by atoms with Crippen molar-refractivity contribution in [2.24, 2.45) is 0 Å². The van der Waals surface area contributed by atoms with Crippen LogP contribution in [0.15, 0.2) is 52.3 Å². The molecule has 110 valence electrons. The molecule has 0 amide bonds. The number of aromatic hydroxyl groups is 1. The summed E-state index contributed by atoms with van der Waals surface area (Å²) in [4.78, 5) is 10.4. The van der Waals surface area contributed by atoms with E-state index in [0.717, 1.165) is 23.9 Å². The number of nitro groups is 1. The number of rotatable bonds is 3. The van der Waals surface area contributed by atoms with Gasteiger partial charge in [-0.1, -0.05) is 11.8 Å². The van der Waals surface area contributed by atoms with Gasteiger partial charge in [0.2, 0.25) is 0 Å². The second-order valence-electron chi connectivity index (χ2n) is 4.03. The predicted molar refractivity (Wildman–Crippen MR) is 70.3 cm³/mol. The number of nitrogens with zero attached hydrogens (tertiary/aromatic N) is 1. The van der Waals surface area contributed by atoms with Gasteiger partial charge in [0.15, 0.2) is 0 Å². The van der Waals surface area contributed by atoms with Gasteiger partial charge >= 0.3 is 6.18 Å². The Morgan fingerprint density at radius 1 is 1.05 bits per heavy atom. The van der Waals surface area contributed by atoms with E-state index < -0.39 is 22.4 Å². The van der Waals surface area contributed by atoms with Crippen LogP contribution < -0.4 is 0 Å². The second-order valence-corrected chi connectivity index (χ2v) is 5.18. The van der Waals surface area contributed by atoms with Crippen LogP contribution in [0.2, 0.25) is 0 Å². The number of alkyl halides is 3. The molecule has 0 radical (unpaired) electrons. The molecule has 0 heterocycles. The maximum absolute atomic E-state index is 12.8. The fourth-order valence-corrected chi connectivity index (χ4v) is 2.47. The topological polar surface area (TPSA) is 63.4 Å². The van der Waals surface area contributed by atoms with Crippen molar-refractivity contribution in [3.8, 4) is 5.75 Å². The summed E-state index contributed by atoms with van der Waals surface area (Å²) in [6, 6.07) is 8.71. The van der Waals surface area contributed by atoms with Crippen LogP contribution in [0.1, 0.15) is 5.56 Å². The SMILES string of the molecule is O=[N+]([O-])c1ccc(Sc2ccc(O)cc2)cc1C(F)(F)F. The minimum Gasteiger partial charge on any atom is -0.508 e. The monoisotopic (exact) mass is 315 g/mol. The first kappa shape index (κ1) is 15.2. The van der Waals surface area contributed by atoms with Gasteiger partial charge in [0.25, 0.3) is 5.69 Å². The van der Waals surface area contributed by atoms with Crippen molar-refractivity contribution in [3.63, 3.8) is 0 Å². The second kappa shape index (κ2) is 5.65. The maximum atomic E-state index is 12.8. The van der Waals surface area contributed by atoms with E-state index in [2.05, 4.69) is 0 Å². The Hall–Kier alpha value is -2.22. The van der Waals surface area contributed by atoms with Crippen LogP contribution in [-0.2, 0) is 6.18 Å². The van der Waals surface area contributed by atoms with Gasteiger partial charge in [-0.05, 0) is 36.4 Å². The summed E-state index contributed by atoms with van der Waals surface area (Å²) in [6.45, 7) is 0. The van der Waals surface area contributed by atoms with E-state index in [-0.39, 0.29) is 10.6 Å². The van der Waals surface area contributed by atoms with E-state index in [0.29, 0.717) is 4.90 Å². The lowest BCUT2D eigenvalue weighted by atomic mass is 10.2. The molecule has 0 fully saturated rings. The number of nitro benzene ring substituents is 1. The molecule has 0 bridgehead atoms. The smallest absolute Gasteiger partial charge is 0.423 e. The fourth-order valence-electron chi connectivity index (χ4n) is 1.62. The molecule has 2 rings (SSSR count). The quantitative estimate of drug-likeness (QED) is 0.670. The highest BCUT2D eigenvalue weighted by molar-refractivity contribution is 7.99. The zero-order valence-corrected chi connectivity index (χ0v) is 11.1. The third kappa shape index (κ3) is 3.66. The van der Waals surface area contributed by atoms with Gasteiger partial charge in [-0.15, -0.1) is 0 Å². The number of benzene rings is 2. The minimum absolute atomic E-state index is 0.0408. The largest absolute Gasteiger partial charge is 0.508 e. The highest BCUT2D eigenvalue weighted by atomic mass is 32.2. The number of phenols is 1. The summed E-state index contributed by atoms with van der Waals surface area (Å²) in [5.74, 6) is 0.0408. The lowest BCUT2D eigenvalue weighted by Gasteiger charge is -2.09. The van der Waals surface area contributed by atoms with Crippen molar-refractivity contribution in [2.75, 3.05) is 0 Å². The molecule has 21 heavy (non-hydrogen) atoms. The molecule has 0 aliphatic rings. The van der Waals surface area contributed by atoms with Gasteiger partial charge in [-0.25, -0.2) is 0 Å². The highest BCUT2D eigenvalue weighted by Gasteiger charge is 2.38. The fraction of sp³-hybridized carbons (Fsp3) is 0.0769. The van der Waals surface area contributed by atoms with E-state index >= 15 is 0 Å². The first-order valence-electron chi connectivity index (χ1n) is 5.60. The molecule has 2 aromatic carbocycles. The molecule has 1 N–H and O–H groups in total. The van der Waals surface area contributed by atoms with Gasteiger partial charge in [-0.2, -0.15) is 13.2 Å². The molecule has 2 aromatic rings. The van der Waals surface area contributed by atoms with Crippen molar-refractivity contribution in [2.45, 2.75) is 16.0 Å². The average molecular weight is 315 g/mol. The van der Waals surface area contributed by atoms with E-state index in [1.165, 1.54) is 30.3 Å². The molecule has 0 aromatic heterocycles. The van der Waals surface area contributed by atoms with Gasteiger partial charge in [0.05, 0.1) is 4.92 Å². The van der Waals surface area contributed by atoms with Crippen molar-refractivity contribution in [3.05, 3.63) is 58.1 Å². The van der Waals surface area contributed by atoms with Crippen LogP contribution >= 0.6 is 11.8 Å². The summed E-state index contributed by atoms with van der Waals surface area (Å²) in [5.41, 5.74) is -2.26. The maximum Gasteiger partial charge on any atom is 0.423 e. The summed E-state index contributed by atoms with van der Waals surface area (Å²) >= 11 is 1.01. The van der Waals surface area contributed by atoms with Gasteiger partial charge in [0.1, 0.15) is 11.3 Å². The average Bonchev–Trinajstić information content (AvgIpc) is 2.40. The third-order valence-electron chi connectivity index (χ3n) is 2.54. The number of hydrogen-bond acceptors (Lipinski definition) is 4. The zero-order valence-electron chi connectivity index (χ0n) is 10.3. The molecule has 0 spiro atoms. The zero-order chi connectivity index (χ0) is 15.6. The van der Waals surface area contributed by atoms with Crippen molar-refractivity contribution < 1.29 is 23.2 Å². The highest BCUT2D eigenvalue weighted by Crippen LogP contribution is 2.39. The van der Waals surface area contributed by atoms with Crippen LogP contribution in [0, 0.1) is 10.1 Å². The van der Waals surface area contributed by atoms with Crippen molar-refractivity contribution >= 4 is 17.4 Å². The number of halogens is 3. The van der Waals surface area contributed by atoms with Gasteiger partial charge in [0, 0.05) is 15.9 Å². The van der Waals surface area contributed by atoms with Gasteiger partial charge in [-0.3, -0.25) is 10.1 Å². The lowest BCUT2D eigenvalue weighted by molar-refractivity contribution is -0.388. The first-order chi connectivity index (χ1) is 9.77. The molecule has 0 aliphatic heterocycles. The Labute approximate surface area is 121 Å². The van der Waals surface area contributed by atoms with Crippen LogP contribution in [0.3, 0.4) is 0 Å². The minimum atomic E-state index is -4.80. The molecule has 0 unspecified atom stereocenters. The van der Waals surface area contributed by atoms with Crippen LogP contribution in [0.25, 0.3) is 0 Å². The molecule has 0 aliphatic carbocycles. The van der Waals surface area contributed by atoms with E-state index in [1.54, 1.807) is 0 Å². The Morgan fingerprint density at radius 3 is 2.14 bits per heavy atom. The van der Waals surface area contributed by atoms with Gasteiger partial charge < -0.3 is 5.11 Å². The normalized spacial score (nSPS) is 11.4. The van der Waals surface area contributed by atoms with Crippen LogP contribution in [-0.4, -0.2) is 10.0 Å². The first-order valence-corrected chi connectivity index (χ1v) is 6.41. The Balaban J connectivity index is 2.38. The Morgan fingerprint density at radius 2 is 1.62 bits per heavy atom.